The third-order valence-electron chi connectivity index (χ3n) is 6.51. The van der Waals surface area contributed by atoms with Gasteiger partial charge in [-0.25, -0.2) is 9.50 Å². The molecule has 0 spiro atoms. The van der Waals surface area contributed by atoms with E-state index < -0.39 is 0 Å². The number of hydrogen-bond acceptors (Lipinski definition) is 4. The Morgan fingerprint density at radius 1 is 1.00 bits per heavy atom. The van der Waals surface area contributed by atoms with Gasteiger partial charge >= 0.3 is 0 Å². The summed E-state index contributed by atoms with van der Waals surface area (Å²) < 4.78 is 1.88. The first-order valence-corrected chi connectivity index (χ1v) is 11.1. The highest BCUT2D eigenvalue weighted by Gasteiger charge is 2.31. The average Bonchev–Trinajstić information content (AvgIpc) is 3.42. The molecular weight excluding hydrogens is 374 g/mol. The summed E-state index contributed by atoms with van der Waals surface area (Å²) in [7, 11) is 0. The average molecular weight is 404 g/mol. The predicted octanol–water partition coefficient (Wildman–Crippen LogP) is 4.31. The molecule has 0 bridgehead atoms. The van der Waals surface area contributed by atoms with Crippen molar-refractivity contribution in [3.05, 3.63) is 58.9 Å². The van der Waals surface area contributed by atoms with Gasteiger partial charge in [-0.3, -0.25) is 4.79 Å². The third kappa shape index (κ3) is 3.34. The highest BCUT2D eigenvalue weighted by Crippen LogP contribution is 2.33. The lowest BCUT2D eigenvalue weighted by atomic mass is 9.97. The molecule has 156 valence electrons. The van der Waals surface area contributed by atoms with Crippen molar-refractivity contribution in [2.45, 2.75) is 52.0 Å². The lowest BCUT2D eigenvalue weighted by Crippen LogP contribution is -2.39. The molecule has 2 aromatic heterocycles. The molecule has 4 heterocycles. The molecule has 30 heavy (non-hydrogen) atoms. The topological polar surface area (TPSA) is 53.7 Å². The van der Waals surface area contributed by atoms with E-state index in [0.717, 1.165) is 72.7 Å². The number of likely N-dealkylation sites (tertiary alicyclic amines) is 1. The van der Waals surface area contributed by atoms with E-state index in [9.17, 15) is 4.79 Å². The van der Waals surface area contributed by atoms with Crippen LogP contribution in [-0.2, 0) is 0 Å². The quantitative estimate of drug-likeness (QED) is 0.654. The number of amides is 1. The van der Waals surface area contributed by atoms with E-state index in [-0.39, 0.29) is 11.9 Å². The molecule has 2 aliphatic rings. The van der Waals surface area contributed by atoms with Crippen LogP contribution in [0.2, 0.25) is 0 Å². The monoisotopic (exact) mass is 403 g/mol. The van der Waals surface area contributed by atoms with Gasteiger partial charge in [-0.1, -0.05) is 18.2 Å². The second-order valence-corrected chi connectivity index (χ2v) is 8.64. The maximum absolute atomic E-state index is 13.4. The van der Waals surface area contributed by atoms with Crippen molar-refractivity contribution in [1.29, 1.82) is 0 Å². The molecule has 2 saturated heterocycles. The standard InChI is InChI=1S/C24H29N5O/c1-17-9-3-4-10-19(17)24(30)28-14-6-5-11-21(28)20-15-22-25-23(27-12-7-8-13-27)18(2)16-29(22)26-20/h3-4,9-10,15-16,21H,5-8,11-14H2,1-2H3. The molecule has 3 aromatic rings. The fourth-order valence-corrected chi connectivity index (χ4v) is 4.88. The van der Waals surface area contributed by atoms with Crippen molar-refractivity contribution < 1.29 is 4.79 Å². The van der Waals surface area contributed by atoms with Crippen molar-refractivity contribution >= 4 is 17.4 Å². The second kappa shape index (κ2) is 7.74. The summed E-state index contributed by atoms with van der Waals surface area (Å²) in [5.74, 6) is 1.18. The van der Waals surface area contributed by atoms with Crippen LogP contribution in [0.5, 0.6) is 0 Å². The fourth-order valence-electron chi connectivity index (χ4n) is 4.88. The first-order chi connectivity index (χ1) is 14.6. The summed E-state index contributed by atoms with van der Waals surface area (Å²) >= 11 is 0. The maximum atomic E-state index is 13.4. The minimum Gasteiger partial charge on any atom is -0.356 e. The van der Waals surface area contributed by atoms with E-state index in [1.807, 2.05) is 40.6 Å². The van der Waals surface area contributed by atoms with E-state index in [2.05, 4.69) is 24.1 Å². The van der Waals surface area contributed by atoms with Crippen molar-refractivity contribution in [3.63, 3.8) is 0 Å². The SMILES string of the molecule is Cc1ccccc1C(=O)N1CCCCC1c1cc2nc(N3CCCC3)c(C)cn2n1. The van der Waals surface area contributed by atoms with Gasteiger partial charge in [0.05, 0.1) is 11.7 Å². The van der Waals surface area contributed by atoms with Crippen LogP contribution in [0.3, 0.4) is 0 Å². The Morgan fingerprint density at radius 3 is 2.57 bits per heavy atom. The number of benzene rings is 1. The van der Waals surface area contributed by atoms with E-state index in [0.29, 0.717) is 0 Å². The molecule has 1 aromatic carbocycles. The fraction of sp³-hybridized carbons (Fsp3) is 0.458. The molecule has 0 aliphatic carbocycles. The van der Waals surface area contributed by atoms with Gasteiger partial charge in [-0.2, -0.15) is 5.10 Å². The highest BCUT2D eigenvalue weighted by atomic mass is 16.2. The number of piperidine rings is 1. The van der Waals surface area contributed by atoms with Crippen LogP contribution in [0, 0.1) is 13.8 Å². The normalized spacial score (nSPS) is 19.6. The van der Waals surface area contributed by atoms with Gasteiger partial charge in [0.1, 0.15) is 5.82 Å². The Hall–Kier alpha value is -2.89. The van der Waals surface area contributed by atoms with E-state index in [1.165, 1.54) is 12.8 Å². The third-order valence-corrected chi connectivity index (χ3v) is 6.51. The second-order valence-electron chi connectivity index (χ2n) is 8.64. The summed E-state index contributed by atoms with van der Waals surface area (Å²) in [6, 6.07) is 9.94. The van der Waals surface area contributed by atoms with Crippen LogP contribution in [0.4, 0.5) is 5.82 Å². The molecule has 6 heteroatoms. The lowest BCUT2D eigenvalue weighted by molar-refractivity contribution is 0.0605. The Balaban J connectivity index is 1.49. The summed E-state index contributed by atoms with van der Waals surface area (Å²) in [5.41, 5.74) is 4.77. The van der Waals surface area contributed by atoms with Crippen LogP contribution < -0.4 is 4.90 Å². The Bertz CT molecular complexity index is 1080. The summed E-state index contributed by atoms with van der Waals surface area (Å²) in [5, 5.41) is 4.86. The van der Waals surface area contributed by atoms with E-state index in [4.69, 9.17) is 10.1 Å². The first-order valence-electron chi connectivity index (χ1n) is 11.1. The minimum atomic E-state index is 0.00287. The van der Waals surface area contributed by atoms with Gasteiger partial charge in [0.15, 0.2) is 5.65 Å². The molecular formula is C24H29N5O. The van der Waals surface area contributed by atoms with Gasteiger partial charge < -0.3 is 9.80 Å². The molecule has 2 aliphatic heterocycles. The largest absolute Gasteiger partial charge is 0.356 e. The molecule has 0 saturated carbocycles. The molecule has 0 N–H and O–H groups in total. The Kier molecular flexibility index (Phi) is 4.93. The van der Waals surface area contributed by atoms with E-state index in [1.54, 1.807) is 0 Å². The van der Waals surface area contributed by atoms with Gasteiger partial charge in [-0.05, 0) is 57.6 Å². The number of aryl methyl sites for hydroxylation is 2. The number of carbonyl (C=O) groups excluding carboxylic acids is 1. The zero-order chi connectivity index (χ0) is 20.7. The molecule has 5 rings (SSSR count). The summed E-state index contributed by atoms with van der Waals surface area (Å²) in [6.07, 6.45) is 7.64. The lowest BCUT2D eigenvalue weighted by Gasteiger charge is -2.35. The van der Waals surface area contributed by atoms with Crippen molar-refractivity contribution in [3.8, 4) is 0 Å². The van der Waals surface area contributed by atoms with Crippen LogP contribution in [0.25, 0.3) is 5.65 Å². The van der Waals surface area contributed by atoms with E-state index >= 15 is 0 Å². The highest BCUT2D eigenvalue weighted by molar-refractivity contribution is 5.96. The van der Waals surface area contributed by atoms with Gasteiger partial charge in [0, 0.05) is 43.0 Å². The molecule has 1 unspecified atom stereocenters. The molecule has 6 nitrogen and oxygen atoms in total. The number of carbonyl (C=O) groups is 1. The molecule has 2 fully saturated rings. The van der Waals surface area contributed by atoms with Crippen molar-refractivity contribution in [1.82, 2.24) is 19.5 Å². The van der Waals surface area contributed by atoms with Crippen LogP contribution in [0.1, 0.15) is 65.3 Å². The van der Waals surface area contributed by atoms with Crippen LogP contribution in [-0.4, -0.2) is 45.0 Å². The predicted molar refractivity (Wildman–Crippen MR) is 118 cm³/mol. The molecule has 1 atom stereocenters. The minimum absolute atomic E-state index is 0.00287. The number of hydrogen-bond donors (Lipinski definition) is 0. The molecule has 0 radical (unpaired) electrons. The van der Waals surface area contributed by atoms with Crippen LogP contribution >= 0.6 is 0 Å². The Morgan fingerprint density at radius 2 is 1.77 bits per heavy atom. The number of anilines is 1. The zero-order valence-electron chi connectivity index (χ0n) is 17.8. The van der Waals surface area contributed by atoms with Gasteiger partial charge in [-0.15, -0.1) is 0 Å². The van der Waals surface area contributed by atoms with Gasteiger partial charge in [0.25, 0.3) is 5.91 Å². The van der Waals surface area contributed by atoms with Crippen molar-refractivity contribution in [2.75, 3.05) is 24.5 Å². The smallest absolute Gasteiger partial charge is 0.254 e. The number of nitrogens with zero attached hydrogens (tertiary/aromatic N) is 5. The Labute approximate surface area is 177 Å². The number of fused-ring (bicyclic) bond motifs is 1. The maximum Gasteiger partial charge on any atom is 0.254 e. The number of aromatic nitrogens is 3. The van der Waals surface area contributed by atoms with Gasteiger partial charge in [0.2, 0.25) is 0 Å². The summed E-state index contributed by atoms with van der Waals surface area (Å²) in [6.45, 7) is 7.04. The number of rotatable bonds is 3. The molecule has 1 amide bonds. The van der Waals surface area contributed by atoms with Crippen molar-refractivity contribution in [2.24, 2.45) is 0 Å². The first kappa shape index (κ1) is 19.1. The van der Waals surface area contributed by atoms with Crippen LogP contribution in [0.15, 0.2) is 36.5 Å². The zero-order valence-corrected chi connectivity index (χ0v) is 17.8. The summed E-state index contributed by atoms with van der Waals surface area (Å²) in [4.78, 5) is 22.7.